The smallest absolute Gasteiger partial charge is 0.339 e. The number of halogens is 1. The lowest BCUT2D eigenvalue weighted by atomic mass is 10.0. The van der Waals surface area contributed by atoms with Gasteiger partial charge in [-0.3, -0.25) is 9.48 Å². The van der Waals surface area contributed by atoms with E-state index in [1.165, 1.54) is 6.20 Å². The number of nitrogens with zero attached hydrogens (tertiary/aromatic N) is 4. The van der Waals surface area contributed by atoms with E-state index in [9.17, 15) is 9.59 Å². The average molecular weight is 393 g/mol. The Kier molecular flexibility index (Phi) is 4.66. The largest absolute Gasteiger partial charge is 0.478 e. The third-order valence-corrected chi connectivity index (χ3v) is 4.79. The van der Waals surface area contributed by atoms with Crippen molar-refractivity contribution < 1.29 is 14.7 Å². The van der Waals surface area contributed by atoms with Crippen LogP contribution in [0.2, 0.25) is 0 Å². The molecule has 24 heavy (non-hydrogen) atoms. The highest BCUT2D eigenvalue weighted by molar-refractivity contribution is 9.10. The molecule has 0 unspecified atom stereocenters. The van der Waals surface area contributed by atoms with Crippen LogP contribution in [0.4, 0.5) is 0 Å². The number of hydrogen-bond donors (Lipinski definition) is 1. The molecule has 0 aromatic carbocycles. The van der Waals surface area contributed by atoms with Crippen LogP contribution in [0.3, 0.4) is 0 Å². The van der Waals surface area contributed by atoms with E-state index in [4.69, 9.17) is 5.11 Å². The molecule has 126 valence electrons. The number of aromatic nitrogens is 3. The lowest BCUT2D eigenvalue weighted by molar-refractivity contribution is 0.0682. The van der Waals surface area contributed by atoms with Crippen LogP contribution < -0.4 is 0 Å². The van der Waals surface area contributed by atoms with Crippen LogP contribution in [0.5, 0.6) is 0 Å². The molecule has 3 heterocycles. The first-order valence-corrected chi connectivity index (χ1v) is 8.45. The van der Waals surface area contributed by atoms with Crippen LogP contribution in [0.15, 0.2) is 29.0 Å². The van der Waals surface area contributed by atoms with Gasteiger partial charge in [-0.05, 0) is 47.8 Å². The summed E-state index contributed by atoms with van der Waals surface area (Å²) in [4.78, 5) is 29.5. The summed E-state index contributed by atoms with van der Waals surface area (Å²) in [6, 6.07) is 3.61. The Hall–Kier alpha value is -2.22. The fourth-order valence-corrected chi connectivity index (χ4v) is 3.21. The van der Waals surface area contributed by atoms with Gasteiger partial charge in [-0.25, -0.2) is 9.78 Å². The molecule has 0 atom stereocenters. The summed E-state index contributed by atoms with van der Waals surface area (Å²) in [6.07, 6.45) is 4.48. The third-order valence-electron chi connectivity index (χ3n) is 4.32. The van der Waals surface area contributed by atoms with E-state index in [1.807, 2.05) is 0 Å². The zero-order chi connectivity index (χ0) is 17.3. The Balaban J connectivity index is 1.66. The maximum Gasteiger partial charge on any atom is 0.339 e. The van der Waals surface area contributed by atoms with Gasteiger partial charge in [-0.1, -0.05) is 0 Å². The summed E-state index contributed by atoms with van der Waals surface area (Å²) in [6.45, 7) is 2.96. The minimum absolute atomic E-state index is 0.0793. The van der Waals surface area contributed by atoms with E-state index in [0.29, 0.717) is 24.5 Å². The molecular weight excluding hydrogens is 376 g/mol. The molecule has 0 radical (unpaired) electrons. The van der Waals surface area contributed by atoms with Crippen LogP contribution in [0.1, 0.15) is 45.4 Å². The number of pyridine rings is 1. The predicted molar refractivity (Wildman–Crippen MR) is 90.0 cm³/mol. The van der Waals surface area contributed by atoms with E-state index in [0.717, 1.165) is 17.3 Å². The molecule has 0 bridgehead atoms. The molecule has 0 saturated carbocycles. The number of likely N-dealkylation sites (tertiary alicyclic amines) is 1. The van der Waals surface area contributed by atoms with Crippen molar-refractivity contribution in [1.82, 2.24) is 19.7 Å². The van der Waals surface area contributed by atoms with Crippen molar-refractivity contribution in [3.63, 3.8) is 0 Å². The normalized spacial score (nSPS) is 15.5. The minimum Gasteiger partial charge on any atom is -0.478 e. The quantitative estimate of drug-likeness (QED) is 0.866. The van der Waals surface area contributed by atoms with Crippen LogP contribution in [0, 0.1) is 6.92 Å². The molecule has 0 spiro atoms. The summed E-state index contributed by atoms with van der Waals surface area (Å²) >= 11 is 3.30. The van der Waals surface area contributed by atoms with E-state index in [1.54, 1.807) is 34.8 Å². The highest BCUT2D eigenvalue weighted by Gasteiger charge is 2.27. The number of piperidine rings is 1. The second kappa shape index (κ2) is 6.72. The molecule has 1 N–H and O–H groups in total. The Morgan fingerprint density at radius 3 is 2.50 bits per heavy atom. The second-order valence-electron chi connectivity index (χ2n) is 5.78. The summed E-state index contributed by atoms with van der Waals surface area (Å²) in [5.74, 6) is -1.04. The number of carbonyl (C=O) groups is 2. The molecule has 1 aliphatic heterocycles. The van der Waals surface area contributed by atoms with Crippen molar-refractivity contribution in [3.8, 4) is 0 Å². The highest BCUT2D eigenvalue weighted by Crippen LogP contribution is 2.25. The number of amides is 1. The molecule has 1 amide bonds. The second-order valence-corrected chi connectivity index (χ2v) is 6.69. The molecule has 1 saturated heterocycles. The summed E-state index contributed by atoms with van der Waals surface area (Å²) in [7, 11) is 0. The number of hydrogen-bond acceptors (Lipinski definition) is 4. The van der Waals surface area contributed by atoms with Crippen molar-refractivity contribution in [1.29, 1.82) is 0 Å². The Bertz CT molecular complexity index is 764. The van der Waals surface area contributed by atoms with Crippen LogP contribution >= 0.6 is 15.9 Å². The van der Waals surface area contributed by atoms with Crippen LogP contribution in [-0.4, -0.2) is 49.7 Å². The Morgan fingerprint density at radius 2 is 1.96 bits per heavy atom. The maximum atomic E-state index is 12.5. The van der Waals surface area contributed by atoms with Gasteiger partial charge in [0, 0.05) is 23.8 Å². The summed E-state index contributed by atoms with van der Waals surface area (Å²) in [5.41, 5.74) is 1.31. The van der Waals surface area contributed by atoms with Crippen molar-refractivity contribution in [2.45, 2.75) is 25.8 Å². The monoisotopic (exact) mass is 392 g/mol. The molecule has 1 fully saturated rings. The first-order chi connectivity index (χ1) is 11.5. The van der Waals surface area contributed by atoms with Gasteiger partial charge in [0.1, 0.15) is 11.3 Å². The number of carboxylic acids is 1. The van der Waals surface area contributed by atoms with Gasteiger partial charge in [0.2, 0.25) is 0 Å². The van der Waals surface area contributed by atoms with Gasteiger partial charge >= 0.3 is 5.97 Å². The highest BCUT2D eigenvalue weighted by atomic mass is 79.9. The van der Waals surface area contributed by atoms with Gasteiger partial charge < -0.3 is 10.0 Å². The number of rotatable bonds is 3. The average Bonchev–Trinajstić information content (AvgIpc) is 2.97. The van der Waals surface area contributed by atoms with Crippen LogP contribution in [0.25, 0.3) is 0 Å². The molecular formula is C16H17BrN4O3. The lowest BCUT2D eigenvalue weighted by Crippen LogP contribution is -2.39. The van der Waals surface area contributed by atoms with E-state index in [2.05, 4.69) is 26.0 Å². The van der Waals surface area contributed by atoms with Gasteiger partial charge in [0.25, 0.3) is 5.91 Å². The zero-order valence-electron chi connectivity index (χ0n) is 13.1. The van der Waals surface area contributed by atoms with Crippen molar-refractivity contribution in [2.24, 2.45) is 0 Å². The number of aromatic carboxylic acids is 1. The Labute approximate surface area is 147 Å². The first-order valence-electron chi connectivity index (χ1n) is 7.65. The third kappa shape index (κ3) is 3.19. The summed E-state index contributed by atoms with van der Waals surface area (Å²) in [5, 5.41) is 13.3. The minimum atomic E-state index is -0.965. The molecule has 2 aromatic heterocycles. The van der Waals surface area contributed by atoms with E-state index >= 15 is 0 Å². The molecule has 8 heteroatoms. The Morgan fingerprint density at radius 1 is 1.25 bits per heavy atom. The van der Waals surface area contributed by atoms with Gasteiger partial charge in [0.15, 0.2) is 0 Å². The van der Waals surface area contributed by atoms with Gasteiger partial charge in [-0.15, -0.1) is 0 Å². The van der Waals surface area contributed by atoms with Crippen LogP contribution in [-0.2, 0) is 0 Å². The fourth-order valence-electron chi connectivity index (χ4n) is 2.98. The van der Waals surface area contributed by atoms with Crippen molar-refractivity contribution in [3.05, 3.63) is 46.0 Å². The molecule has 7 nitrogen and oxygen atoms in total. The summed E-state index contributed by atoms with van der Waals surface area (Å²) < 4.78 is 2.60. The van der Waals surface area contributed by atoms with E-state index < -0.39 is 5.97 Å². The van der Waals surface area contributed by atoms with Crippen molar-refractivity contribution in [2.75, 3.05) is 13.1 Å². The molecule has 0 aliphatic carbocycles. The first kappa shape index (κ1) is 16.6. The molecule has 3 rings (SSSR count). The lowest BCUT2D eigenvalue weighted by Gasteiger charge is -2.32. The van der Waals surface area contributed by atoms with Gasteiger partial charge in [-0.2, -0.15) is 5.10 Å². The standard InChI is InChI=1S/C16H17BrN4O3/c1-10-13(16(23)24)9-19-21(10)12-4-6-20(7-5-12)15(22)14-3-2-11(17)8-18-14/h2-3,8-9,12H,4-7H2,1H3,(H,23,24). The number of carbonyl (C=O) groups excluding carboxylic acids is 1. The molecule has 2 aromatic rings. The zero-order valence-corrected chi connectivity index (χ0v) is 14.7. The molecule has 1 aliphatic rings. The maximum absolute atomic E-state index is 12.5. The van der Waals surface area contributed by atoms with E-state index in [-0.39, 0.29) is 17.5 Å². The predicted octanol–water partition coefficient (Wildman–Crippen LogP) is 2.52. The number of carboxylic acid groups (broad SMARTS) is 1. The van der Waals surface area contributed by atoms with Crippen molar-refractivity contribution >= 4 is 27.8 Å². The van der Waals surface area contributed by atoms with Gasteiger partial charge in [0.05, 0.1) is 17.9 Å². The fraction of sp³-hybridized carbons (Fsp3) is 0.375. The topological polar surface area (TPSA) is 88.3 Å². The SMILES string of the molecule is Cc1c(C(=O)O)cnn1C1CCN(C(=O)c2ccc(Br)cn2)CC1.